The second kappa shape index (κ2) is 23.8. The maximum Gasteiger partial charge on any atom is 0.185 e. The van der Waals surface area contributed by atoms with Crippen LogP contribution in [0.1, 0.15) is 24.0 Å². The van der Waals surface area contributed by atoms with E-state index in [0.29, 0.717) is 45.2 Å². The van der Waals surface area contributed by atoms with Crippen LogP contribution in [0, 0.1) is 34.3 Å². The van der Waals surface area contributed by atoms with E-state index in [1.165, 1.54) is 71.1 Å². The van der Waals surface area contributed by atoms with Gasteiger partial charge in [0, 0.05) is 56.5 Å². The Morgan fingerprint density at radius 1 is 0.774 bits per heavy atom. The number of nitriles is 2. The molecule has 6 aromatic rings. The Morgan fingerprint density at radius 3 is 1.76 bits per heavy atom. The van der Waals surface area contributed by atoms with Crippen LogP contribution in [0.15, 0.2) is 53.1 Å². The van der Waals surface area contributed by atoms with Crippen molar-refractivity contribution in [1.29, 1.82) is 10.5 Å². The summed E-state index contributed by atoms with van der Waals surface area (Å²) in [5, 5.41) is 29.2. The van der Waals surface area contributed by atoms with Gasteiger partial charge < -0.3 is 31.2 Å². The van der Waals surface area contributed by atoms with Gasteiger partial charge in [-0.05, 0) is 75.1 Å². The number of hydrogen-bond donors (Lipinski definition) is 4. The molecule has 0 atom stereocenters. The molecule has 0 bridgehead atoms. The molecule has 2 saturated heterocycles. The van der Waals surface area contributed by atoms with Crippen LogP contribution in [0.2, 0.25) is 10.0 Å². The number of fused-ring (bicyclic) bond motifs is 2. The molecule has 0 unspecified atom stereocenters. The van der Waals surface area contributed by atoms with Crippen LogP contribution in [0.25, 0.3) is 20.7 Å². The van der Waals surface area contributed by atoms with Gasteiger partial charge in [-0.2, -0.15) is 10.5 Å². The highest BCUT2D eigenvalue weighted by Gasteiger charge is 2.17. The summed E-state index contributed by atoms with van der Waals surface area (Å²) < 4.78 is 39.7. The van der Waals surface area contributed by atoms with Crippen molar-refractivity contribution in [2.24, 2.45) is 5.73 Å². The molecule has 0 spiro atoms. The maximum absolute atomic E-state index is 13.5. The Morgan fingerprint density at radius 2 is 1.27 bits per heavy atom. The highest BCUT2D eigenvalue weighted by molar-refractivity contribution is 8.00. The maximum atomic E-state index is 13.5. The molecule has 0 amide bonds. The zero-order chi connectivity index (χ0) is 43.8. The van der Waals surface area contributed by atoms with Gasteiger partial charge in [0.2, 0.25) is 0 Å². The highest BCUT2D eigenvalue weighted by Crippen LogP contribution is 2.37. The summed E-state index contributed by atoms with van der Waals surface area (Å²) in [6.07, 6.45) is 6.99. The first-order chi connectivity index (χ1) is 30.2. The topological polar surface area (TPSA) is 186 Å². The lowest BCUT2D eigenvalue weighted by atomic mass is 10.2. The molecule has 62 heavy (non-hydrogen) atoms. The zero-order valence-corrected chi connectivity index (χ0v) is 37.7. The van der Waals surface area contributed by atoms with Gasteiger partial charge >= 0.3 is 0 Å². The SMILES string of the molecule is CSc1nc2ncc(C#N)c(Nc3ccc(F)c(Cl)c3)c2s1.N#Cc1cnc2nc(NCCCN3CCOCC3)sc2c1Nc1ccc(F)c(Cl)c1.NCCCN1CCOCC1. The average Bonchev–Trinajstić information content (AvgIpc) is 3.93. The number of morpholine rings is 2. The molecular weight excluding hydrogens is 898 g/mol. The number of nitrogens with zero attached hydrogens (tertiary/aromatic N) is 8. The Hall–Kier alpha value is -4.51. The lowest BCUT2D eigenvalue weighted by molar-refractivity contribution is 0.0377. The Balaban J connectivity index is 0.000000175. The van der Waals surface area contributed by atoms with Gasteiger partial charge in [0.05, 0.1) is 63.7 Å². The standard InChI is InChI=1S/C20H20ClFN6OS.C14H8ClFN4S2.C7H16N2O/c21-15-10-14(2-3-16(15)22)26-17-13(11-23)12-25-19-18(17)30-20(27-19)24-4-1-5-28-6-8-29-9-7-28;1-21-14-20-13-12(22-14)11(7(5-17)6-18-13)19-8-2-3-10(16)9(15)4-8;8-2-1-3-9-4-6-10-7-5-9/h2-3,10,12H,1,4-9H2,(H2,24,25,26,27);2-4,6H,1H3,(H,18,19);1-8H2. The molecular formula is C41H44Cl2F2N12O2S3. The number of nitrogens with one attached hydrogen (secondary N) is 3. The zero-order valence-electron chi connectivity index (χ0n) is 33.7. The van der Waals surface area contributed by atoms with Crippen molar-refractivity contribution in [3.63, 3.8) is 0 Å². The van der Waals surface area contributed by atoms with Crippen LogP contribution in [-0.2, 0) is 9.47 Å². The molecule has 14 nitrogen and oxygen atoms in total. The van der Waals surface area contributed by atoms with E-state index in [-0.39, 0.29) is 10.0 Å². The minimum Gasteiger partial charge on any atom is -0.379 e. The molecule has 2 aromatic carbocycles. The monoisotopic (exact) mass is 940 g/mol. The number of hydrogen-bond acceptors (Lipinski definition) is 17. The number of ether oxygens (including phenoxy) is 2. The van der Waals surface area contributed by atoms with Crippen molar-refractivity contribution in [2.45, 2.75) is 17.2 Å². The first kappa shape index (κ1) is 47.0. The number of pyridine rings is 2. The number of thiazole rings is 2. The van der Waals surface area contributed by atoms with E-state index in [0.717, 1.165) is 110 Å². The minimum absolute atomic E-state index is 0.00994. The molecule has 326 valence electrons. The normalized spacial score (nSPS) is 14.3. The number of thioether (sulfide) groups is 1. The van der Waals surface area contributed by atoms with Crippen LogP contribution >= 0.6 is 57.6 Å². The van der Waals surface area contributed by atoms with E-state index in [1.54, 1.807) is 12.1 Å². The molecule has 0 radical (unpaired) electrons. The van der Waals surface area contributed by atoms with Crippen LogP contribution < -0.4 is 21.7 Å². The number of halogens is 4. The van der Waals surface area contributed by atoms with Crippen molar-refractivity contribution < 1.29 is 18.3 Å². The highest BCUT2D eigenvalue weighted by atomic mass is 35.5. The second-order valence-corrected chi connectivity index (χ2v) is 17.5. The summed E-state index contributed by atoms with van der Waals surface area (Å²) in [5.74, 6) is -0.987. The van der Waals surface area contributed by atoms with E-state index in [1.807, 2.05) is 6.26 Å². The van der Waals surface area contributed by atoms with Crippen molar-refractivity contribution in [1.82, 2.24) is 29.7 Å². The number of aromatic nitrogens is 4. The van der Waals surface area contributed by atoms with Crippen molar-refractivity contribution >= 4 is 106 Å². The molecule has 6 heterocycles. The van der Waals surface area contributed by atoms with Gasteiger partial charge in [-0.15, -0.1) is 11.3 Å². The largest absolute Gasteiger partial charge is 0.379 e. The lowest BCUT2D eigenvalue weighted by Gasteiger charge is -2.26. The first-order valence-corrected chi connectivity index (χ1v) is 23.2. The smallest absolute Gasteiger partial charge is 0.185 e. The van der Waals surface area contributed by atoms with Crippen LogP contribution in [0.5, 0.6) is 0 Å². The fraction of sp³-hybridized carbons (Fsp3) is 0.366. The van der Waals surface area contributed by atoms with E-state index >= 15 is 0 Å². The molecule has 8 rings (SSSR count). The Labute approximate surface area is 380 Å². The number of anilines is 5. The van der Waals surface area contributed by atoms with E-state index in [4.69, 9.17) is 38.4 Å². The summed E-state index contributed by atoms with van der Waals surface area (Å²) in [6.45, 7) is 11.2. The Kier molecular flexibility index (Phi) is 18.0. The summed E-state index contributed by atoms with van der Waals surface area (Å²) >= 11 is 16.1. The van der Waals surface area contributed by atoms with Crippen LogP contribution in [0.3, 0.4) is 0 Å². The molecule has 0 saturated carbocycles. The minimum atomic E-state index is -0.496. The van der Waals surface area contributed by atoms with Gasteiger partial charge in [0.25, 0.3) is 0 Å². The molecule has 21 heteroatoms. The fourth-order valence-corrected chi connectivity index (χ4v) is 9.04. The Bertz CT molecular complexity index is 2510. The summed E-state index contributed by atoms with van der Waals surface area (Å²) in [6, 6.07) is 12.9. The number of nitrogens with two attached hydrogens (primary N) is 1. The van der Waals surface area contributed by atoms with Crippen molar-refractivity contribution in [3.8, 4) is 12.1 Å². The van der Waals surface area contributed by atoms with Gasteiger partial charge in [0.1, 0.15) is 28.5 Å². The predicted octanol–water partition coefficient (Wildman–Crippen LogP) is 8.72. The molecule has 2 aliphatic heterocycles. The van der Waals surface area contributed by atoms with E-state index < -0.39 is 11.6 Å². The molecule has 2 aliphatic rings. The van der Waals surface area contributed by atoms with Crippen molar-refractivity contribution in [3.05, 3.63) is 81.6 Å². The molecule has 2 fully saturated rings. The molecule has 5 N–H and O–H groups in total. The molecule has 0 aliphatic carbocycles. The lowest BCUT2D eigenvalue weighted by Crippen LogP contribution is -2.37. The predicted molar refractivity (Wildman–Crippen MR) is 247 cm³/mol. The fourth-order valence-electron chi connectivity index (χ4n) is 6.21. The third kappa shape index (κ3) is 13.0. The van der Waals surface area contributed by atoms with E-state index in [2.05, 4.69) is 57.8 Å². The third-order valence-corrected chi connectivity index (χ3v) is 13.1. The van der Waals surface area contributed by atoms with Gasteiger partial charge in [-0.3, -0.25) is 9.80 Å². The molecule has 4 aromatic heterocycles. The van der Waals surface area contributed by atoms with Crippen LogP contribution in [-0.4, -0.2) is 115 Å². The van der Waals surface area contributed by atoms with Crippen LogP contribution in [0.4, 0.5) is 36.7 Å². The van der Waals surface area contributed by atoms with Gasteiger partial charge in [-0.1, -0.05) is 46.3 Å². The second-order valence-electron chi connectivity index (χ2n) is 13.7. The number of benzene rings is 2. The summed E-state index contributed by atoms with van der Waals surface area (Å²) in [5.41, 5.74) is 9.65. The van der Waals surface area contributed by atoms with Gasteiger partial charge in [-0.25, -0.2) is 28.7 Å². The van der Waals surface area contributed by atoms with Gasteiger partial charge in [0.15, 0.2) is 20.8 Å². The quantitative estimate of drug-likeness (QED) is 0.0636. The summed E-state index contributed by atoms with van der Waals surface area (Å²) in [7, 11) is 0. The van der Waals surface area contributed by atoms with Crippen molar-refractivity contribution in [2.75, 3.05) is 101 Å². The first-order valence-electron chi connectivity index (χ1n) is 19.6. The van der Waals surface area contributed by atoms with E-state index in [9.17, 15) is 19.3 Å². The average molecular weight is 942 g/mol. The third-order valence-electron chi connectivity index (χ3n) is 9.43. The summed E-state index contributed by atoms with van der Waals surface area (Å²) in [4.78, 5) is 22.2. The number of rotatable bonds is 13.